The number of carbonyl (C=O) groups excluding carboxylic acids is 2. The van der Waals surface area contributed by atoms with E-state index in [9.17, 15) is 35.9 Å². The molecule has 2 aromatic rings. The van der Waals surface area contributed by atoms with E-state index in [0.29, 0.717) is 12.8 Å². The molecule has 12 heteroatoms. The van der Waals surface area contributed by atoms with Gasteiger partial charge in [0, 0.05) is 11.4 Å². The van der Waals surface area contributed by atoms with Crippen LogP contribution in [0.4, 0.5) is 47.3 Å². The van der Waals surface area contributed by atoms with Gasteiger partial charge in [-0.15, -0.1) is 0 Å². The zero-order chi connectivity index (χ0) is 24.9. The lowest BCUT2D eigenvalue weighted by atomic mass is 9.90. The molecular formula is C22H22F6N4O2. The molecule has 0 spiro atoms. The molecule has 4 amide bonds. The summed E-state index contributed by atoms with van der Waals surface area (Å²) in [4.78, 5) is 24.7. The van der Waals surface area contributed by atoms with E-state index >= 15 is 0 Å². The second kappa shape index (κ2) is 10.2. The highest BCUT2D eigenvalue weighted by Crippen LogP contribution is 2.31. The summed E-state index contributed by atoms with van der Waals surface area (Å²) < 4.78 is 77.1. The first-order valence-corrected chi connectivity index (χ1v) is 10.4. The molecule has 3 rings (SSSR count). The number of benzene rings is 2. The molecule has 1 saturated carbocycles. The van der Waals surface area contributed by atoms with Crippen LogP contribution in [0.25, 0.3) is 0 Å². The molecule has 0 bridgehead atoms. The first kappa shape index (κ1) is 25.2. The predicted molar refractivity (Wildman–Crippen MR) is 113 cm³/mol. The van der Waals surface area contributed by atoms with Crippen LogP contribution in [0, 0.1) is 0 Å². The van der Waals surface area contributed by atoms with Gasteiger partial charge in [0.2, 0.25) is 0 Å². The van der Waals surface area contributed by atoms with E-state index in [1.54, 1.807) is 0 Å². The summed E-state index contributed by atoms with van der Waals surface area (Å²) in [6.07, 6.45) is -6.60. The topological polar surface area (TPSA) is 82.3 Å². The van der Waals surface area contributed by atoms with Crippen LogP contribution in [0.1, 0.15) is 36.8 Å². The summed E-state index contributed by atoms with van der Waals surface area (Å²) in [7, 11) is 0. The summed E-state index contributed by atoms with van der Waals surface area (Å²) >= 11 is 0. The number of alkyl halides is 6. The summed E-state index contributed by atoms with van der Waals surface area (Å²) in [6.45, 7) is 0. The van der Waals surface area contributed by atoms with Crippen LogP contribution >= 0.6 is 0 Å². The van der Waals surface area contributed by atoms with Crippen molar-refractivity contribution < 1.29 is 35.9 Å². The number of hydrogen-bond donors (Lipinski definition) is 4. The monoisotopic (exact) mass is 488 g/mol. The predicted octanol–water partition coefficient (Wildman–Crippen LogP) is 5.98. The summed E-state index contributed by atoms with van der Waals surface area (Å²) in [5, 5.41) is 10.0. The molecule has 1 aliphatic rings. The summed E-state index contributed by atoms with van der Waals surface area (Å²) in [5.74, 6) is 0. The fourth-order valence-electron chi connectivity index (χ4n) is 3.69. The van der Waals surface area contributed by atoms with E-state index in [4.69, 9.17) is 0 Å². The van der Waals surface area contributed by atoms with Crippen LogP contribution in [-0.2, 0) is 12.4 Å². The molecule has 1 fully saturated rings. The highest BCUT2D eigenvalue weighted by Gasteiger charge is 2.32. The average Bonchev–Trinajstić information content (AvgIpc) is 2.74. The lowest BCUT2D eigenvalue weighted by molar-refractivity contribution is -0.138. The minimum atomic E-state index is -4.56. The Kier molecular flexibility index (Phi) is 7.57. The van der Waals surface area contributed by atoms with Gasteiger partial charge in [-0.25, -0.2) is 9.59 Å². The molecule has 0 heterocycles. The lowest BCUT2D eigenvalue weighted by Gasteiger charge is -2.32. The largest absolute Gasteiger partial charge is 0.416 e. The van der Waals surface area contributed by atoms with Gasteiger partial charge in [-0.1, -0.05) is 25.0 Å². The number of hydrogen-bond acceptors (Lipinski definition) is 2. The van der Waals surface area contributed by atoms with E-state index in [1.165, 1.54) is 24.3 Å². The SMILES string of the molecule is O=C(Nc1cccc(C(F)(F)F)c1)N[C@@H]1CCCC[C@H]1NC(=O)Nc1cccc(C(F)(F)F)c1. The van der Waals surface area contributed by atoms with Gasteiger partial charge in [-0.2, -0.15) is 26.3 Å². The van der Waals surface area contributed by atoms with Gasteiger partial charge in [0.15, 0.2) is 0 Å². The molecule has 2 atom stereocenters. The second-order valence-electron chi connectivity index (χ2n) is 7.85. The van der Waals surface area contributed by atoms with Crippen molar-refractivity contribution in [3.05, 3.63) is 59.7 Å². The number of anilines is 2. The molecule has 4 N–H and O–H groups in total. The van der Waals surface area contributed by atoms with Crippen molar-refractivity contribution in [1.29, 1.82) is 0 Å². The van der Waals surface area contributed by atoms with Crippen LogP contribution in [0.2, 0.25) is 0 Å². The Hall–Kier alpha value is -3.44. The number of urea groups is 2. The zero-order valence-corrected chi connectivity index (χ0v) is 17.7. The Balaban J connectivity index is 1.59. The van der Waals surface area contributed by atoms with Crippen molar-refractivity contribution in [1.82, 2.24) is 10.6 Å². The Morgan fingerprint density at radius 3 is 1.41 bits per heavy atom. The Morgan fingerprint density at radius 2 is 1.06 bits per heavy atom. The molecule has 1 aliphatic carbocycles. The first-order valence-electron chi connectivity index (χ1n) is 10.4. The highest BCUT2D eigenvalue weighted by atomic mass is 19.4. The Labute approximate surface area is 191 Å². The summed E-state index contributed by atoms with van der Waals surface area (Å²) in [6, 6.07) is 5.81. The fourth-order valence-corrected chi connectivity index (χ4v) is 3.69. The van der Waals surface area contributed by atoms with Gasteiger partial charge in [0.25, 0.3) is 0 Å². The number of halogens is 6. The minimum absolute atomic E-state index is 0.0464. The van der Waals surface area contributed by atoms with Gasteiger partial charge < -0.3 is 21.3 Å². The Morgan fingerprint density at radius 1 is 0.676 bits per heavy atom. The van der Waals surface area contributed by atoms with Crippen molar-refractivity contribution >= 4 is 23.4 Å². The van der Waals surface area contributed by atoms with E-state index in [2.05, 4.69) is 21.3 Å². The first-order chi connectivity index (χ1) is 15.9. The quantitative estimate of drug-likeness (QED) is 0.400. The van der Waals surface area contributed by atoms with Crippen LogP contribution in [-0.4, -0.2) is 24.1 Å². The van der Waals surface area contributed by atoms with Crippen molar-refractivity contribution in [2.75, 3.05) is 10.6 Å². The summed E-state index contributed by atoms with van der Waals surface area (Å²) in [5.41, 5.74) is -1.91. The number of rotatable bonds is 4. The molecule has 184 valence electrons. The maximum atomic E-state index is 12.9. The van der Waals surface area contributed by atoms with E-state index in [1.807, 2.05) is 0 Å². The number of amides is 4. The van der Waals surface area contributed by atoms with Crippen LogP contribution in [0.3, 0.4) is 0 Å². The fraction of sp³-hybridized carbons (Fsp3) is 0.364. The van der Waals surface area contributed by atoms with Gasteiger partial charge in [-0.05, 0) is 49.2 Å². The maximum absolute atomic E-state index is 12.9. The minimum Gasteiger partial charge on any atom is -0.333 e. The van der Waals surface area contributed by atoms with Gasteiger partial charge in [0.1, 0.15) is 0 Å². The zero-order valence-electron chi connectivity index (χ0n) is 17.7. The standard InChI is InChI=1S/C22H22F6N4O2/c23-21(24,25)13-5-3-7-15(11-13)29-19(33)31-17-9-1-2-10-18(17)32-20(34)30-16-8-4-6-14(12-16)22(26,27)28/h3-8,11-12,17-18H,1-2,9-10H2,(H2,29,31,33)(H2,30,32,34)/t17-,18-/m1/s1. The van der Waals surface area contributed by atoms with Crippen LogP contribution in [0.5, 0.6) is 0 Å². The lowest BCUT2D eigenvalue weighted by Crippen LogP contribution is -2.54. The smallest absolute Gasteiger partial charge is 0.333 e. The van der Waals surface area contributed by atoms with Crippen molar-refractivity contribution in [2.45, 2.75) is 50.1 Å². The third kappa shape index (κ3) is 7.03. The average molecular weight is 488 g/mol. The number of nitrogens with one attached hydrogen (secondary N) is 4. The molecule has 0 aromatic heterocycles. The molecule has 0 aliphatic heterocycles. The van der Waals surface area contributed by atoms with Crippen LogP contribution < -0.4 is 21.3 Å². The molecular weight excluding hydrogens is 466 g/mol. The molecule has 0 radical (unpaired) electrons. The molecule has 2 aromatic carbocycles. The van der Waals surface area contributed by atoms with E-state index in [0.717, 1.165) is 37.1 Å². The van der Waals surface area contributed by atoms with Crippen molar-refractivity contribution in [3.8, 4) is 0 Å². The molecule has 0 unspecified atom stereocenters. The van der Waals surface area contributed by atoms with E-state index in [-0.39, 0.29) is 11.4 Å². The van der Waals surface area contributed by atoms with E-state index < -0.39 is 47.6 Å². The van der Waals surface area contributed by atoms with Crippen LogP contribution in [0.15, 0.2) is 48.5 Å². The normalized spacial score (nSPS) is 18.6. The maximum Gasteiger partial charge on any atom is 0.416 e. The highest BCUT2D eigenvalue weighted by molar-refractivity contribution is 5.91. The van der Waals surface area contributed by atoms with Crippen molar-refractivity contribution in [3.63, 3.8) is 0 Å². The third-order valence-corrected chi connectivity index (χ3v) is 5.29. The molecule has 6 nitrogen and oxygen atoms in total. The van der Waals surface area contributed by atoms with Gasteiger partial charge >= 0.3 is 24.4 Å². The van der Waals surface area contributed by atoms with Gasteiger partial charge in [0.05, 0.1) is 23.2 Å². The van der Waals surface area contributed by atoms with Crippen molar-refractivity contribution in [2.24, 2.45) is 0 Å². The second-order valence-corrected chi connectivity index (χ2v) is 7.85. The number of carbonyl (C=O) groups is 2. The Bertz CT molecular complexity index is 943. The molecule has 34 heavy (non-hydrogen) atoms. The molecule has 0 saturated heterocycles. The third-order valence-electron chi connectivity index (χ3n) is 5.29. The van der Waals surface area contributed by atoms with Gasteiger partial charge in [-0.3, -0.25) is 0 Å².